The molecular weight excluding hydrogens is 236 g/mol. The summed E-state index contributed by atoms with van der Waals surface area (Å²) < 4.78 is 1.66. The fraction of sp³-hybridized carbons (Fsp3) is 0.182. The van der Waals surface area contributed by atoms with Crippen LogP contribution in [0.3, 0.4) is 0 Å². The van der Waals surface area contributed by atoms with Gasteiger partial charge >= 0.3 is 0 Å². The smallest absolute Gasteiger partial charge is 0.251 e. The number of nitrogens with zero attached hydrogens (tertiary/aromatic N) is 3. The minimum absolute atomic E-state index is 0.110. The third kappa shape index (κ3) is 3.32. The van der Waals surface area contributed by atoms with E-state index in [1.165, 1.54) is 0 Å². The number of carbonyl (C=O) groups is 1. The molecule has 1 aromatic carbocycles. The summed E-state index contributed by atoms with van der Waals surface area (Å²) in [6.07, 6.45) is 3.35. The van der Waals surface area contributed by atoms with Crippen LogP contribution in [0.4, 0.5) is 0 Å². The van der Waals surface area contributed by atoms with Crippen LogP contribution in [-0.2, 0) is 6.54 Å². The zero-order valence-corrected chi connectivity index (χ0v) is 9.97. The lowest BCUT2D eigenvalue weighted by molar-refractivity contribution is 0.0951. The van der Waals surface area contributed by atoms with E-state index >= 15 is 0 Å². The highest BCUT2D eigenvalue weighted by atomic mass is 32.1. The molecule has 6 heteroatoms. The van der Waals surface area contributed by atoms with Crippen molar-refractivity contribution in [3.05, 3.63) is 42.2 Å². The first-order valence-electron chi connectivity index (χ1n) is 5.17. The largest absolute Gasteiger partial charge is 0.350 e. The Balaban J connectivity index is 1.85. The fourth-order valence-corrected chi connectivity index (χ4v) is 1.61. The molecule has 2 aromatic rings. The topological polar surface area (TPSA) is 59.8 Å². The number of nitrogens with one attached hydrogen (secondary N) is 1. The maximum Gasteiger partial charge on any atom is 0.251 e. The first-order chi connectivity index (χ1) is 8.25. The Morgan fingerprint density at radius 2 is 2.35 bits per heavy atom. The normalized spacial score (nSPS) is 10.2. The molecule has 0 unspecified atom stereocenters. The van der Waals surface area contributed by atoms with Gasteiger partial charge in [0.25, 0.3) is 5.91 Å². The zero-order valence-electron chi connectivity index (χ0n) is 9.08. The summed E-state index contributed by atoms with van der Waals surface area (Å²) in [6, 6.07) is 7.11. The monoisotopic (exact) mass is 248 g/mol. The van der Waals surface area contributed by atoms with Gasteiger partial charge in [0.1, 0.15) is 0 Å². The van der Waals surface area contributed by atoms with Crippen molar-refractivity contribution in [2.45, 2.75) is 11.4 Å². The van der Waals surface area contributed by atoms with Crippen molar-refractivity contribution in [1.29, 1.82) is 0 Å². The van der Waals surface area contributed by atoms with E-state index in [1.807, 2.05) is 6.07 Å². The van der Waals surface area contributed by atoms with Crippen LogP contribution >= 0.6 is 12.6 Å². The van der Waals surface area contributed by atoms with Gasteiger partial charge in [-0.25, -0.2) is 0 Å². The van der Waals surface area contributed by atoms with Gasteiger partial charge in [-0.05, 0) is 18.2 Å². The van der Waals surface area contributed by atoms with Gasteiger partial charge < -0.3 is 5.32 Å². The number of rotatable bonds is 4. The maximum absolute atomic E-state index is 11.7. The number of hydrogen-bond donors (Lipinski definition) is 2. The van der Waals surface area contributed by atoms with E-state index in [9.17, 15) is 4.79 Å². The van der Waals surface area contributed by atoms with Crippen LogP contribution in [0.1, 0.15) is 10.4 Å². The van der Waals surface area contributed by atoms with Crippen molar-refractivity contribution in [2.75, 3.05) is 6.54 Å². The SMILES string of the molecule is O=C(NCCn1ccnn1)c1cccc(S)c1. The van der Waals surface area contributed by atoms with Crippen molar-refractivity contribution in [3.8, 4) is 0 Å². The highest BCUT2D eigenvalue weighted by Crippen LogP contribution is 2.08. The highest BCUT2D eigenvalue weighted by Gasteiger charge is 2.04. The van der Waals surface area contributed by atoms with Crippen molar-refractivity contribution < 1.29 is 4.79 Å². The zero-order chi connectivity index (χ0) is 12.1. The number of thiol groups is 1. The Kier molecular flexibility index (Phi) is 3.77. The second kappa shape index (κ2) is 5.49. The number of amides is 1. The molecule has 0 aliphatic rings. The average Bonchev–Trinajstić information content (AvgIpc) is 2.82. The van der Waals surface area contributed by atoms with Crippen LogP contribution in [0.25, 0.3) is 0 Å². The van der Waals surface area contributed by atoms with Crippen LogP contribution in [0, 0.1) is 0 Å². The van der Waals surface area contributed by atoms with Gasteiger partial charge in [0.2, 0.25) is 0 Å². The van der Waals surface area contributed by atoms with Gasteiger partial charge in [-0.3, -0.25) is 9.48 Å². The van der Waals surface area contributed by atoms with E-state index in [2.05, 4.69) is 28.3 Å². The predicted octanol–water partition coefficient (Wildman–Crippen LogP) is 0.997. The van der Waals surface area contributed by atoms with E-state index in [0.717, 1.165) is 4.90 Å². The van der Waals surface area contributed by atoms with Crippen LogP contribution < -0.4 is 5.32 Å². The van der Waals surface area contributed by atoms with Crippen LogP contribution in [-0.4, -0.2) is 27.4 Å². The van der Waals surface area contributed by atoms with Crippen molar-refractivity contribution in [2.24, 2.45) is 0 Å². The van der Waals surface area contributed by atoms with Crippen LogP contribution in [0.2, 0.25) is 0 Å². The minimum atomic E-state index is -0.110. The van der Waals surface area contributed by atoms with Gasteiger partial charge in [0.05, 0.1) is 12.7 Å². The summed E-state index contributed by atoms with van der Waals surface area (Å²) >= 11 is 4.19. The van der Waals surface area contributed by atoms with Gasteiger partial charge in [-0.15, -0.1) is 17.7 Å². The Morgan fingerprint density at radius 3 is 3.06 bits per heavy atom. The number of hydrogen-bond acceptors (Lipinski definition) is 4. The average molecular weight is 248 g/mol. The Bertz CT molecular complexity index is 498. The number of carbonyl (C=O) groups excluding carboxylic acids is 1. The second-order valence-corrected chi connectivity index (χ2v) is 3.99. The first kappa shape index (κ1) is 11.7. The lowest BCUT2D eigenvalue weighted by Crippen LogP contribution is -2.27. The molecule has 17 heavy (non-hydrogen) atoms. The number of benzene rings is 1. The summed E-state index contributed by atoms with van der Waals surface area (Å²) in [5, 5.41) is 10.3. The second-order valence-electron chi connectivity index (χ2n) is 3.47. The molecule has 0 aliphatic heterocycles. The summed E-state index contributed by atoms with van der Waals surface area (Å²) in [6.45, 7) is 1.12. The van der Waals surface area contributed by atoms with Crippen molar-refractivity contribution in [3.63, 3.8) is 0 Å². The third-order valence-electron chi connectivity index (χ3n) is 2.21. The molecule has 0 fully saturated rings. The maximum atomic E-state index is 11.7. The van der Waals surface area contributed by atoms with Crippen LogP contribution in [0.5, 0.6) is 0 Å². The Morgan fingerprint density at radius 1 is 1.47 bits per heavy atom. The third-order valence-corrected chi connectivity index (χ3v) is 2.48. The number of aromatic nitrogens is 3. The molecule has 0 atom stereocenters. The fourth-order valence-electron chi connectivity index (χ4n) is 1.39. The van der Waals surface area contributed by atoms with E-state index in [-0.39, 0.29) is 5.91 Å². The molecule has 1 aromatic heterocycles. The van der Waals surface area contributed by atoms with Gasteiger partial charge in [-0.1, -0.05) is 11.3 Å². The molecule has 0 saturated carbocycles. The van der Waals surface area contributed by atoms with E-state index < -0.39 is 0 Å². The minimum Gasteiger partial charge on any atom is -0.350 e. The molecule has 1 N–H and O–H groups in total. The first-order valence-corrected chi connectivity index (χ1v) is 5.62. The van der Waals surface area contributed by atoms with Crippen molar-refractivity contribution in [1.82, 2.24) is 20.3 Å². The van der Waals surface area contributed by atoms with E-state index in [4.69, 9.17) is 0 Å². The molecule has 88 valence electrons. The standard InChI is InChI=1S/C11H12N4OS/c16-11(9-2-1-3-10(17)8-9)12-4-6-15-7-5-13-14-15/h1-3,5,7-8,17H,4,6H2,(H,12,16). The quantitative estimate of drug-likeness (QED) is 0.793. The van der Waals surface area contributed by atoms with Gasteiger partial charge in [0, 0.05) is 23.2 Å². The molecule has 2 rings (SSSR count). The molecule has 1 heterocycles. The summed E-state index contributed by atoms with van der Waals surface area (Å²) in [5.41, 5.74) is 0.607. The molecule has 0 aliphatic carbocycles. The summed E-state index contributed by atoms with van der Waals surface area (Å²) in [7, 11) is 0. The molecule has 0 bridgehead atoms. The Hall–Kier alpha value is -1.82. The van der Waals surface area contributed by atoms with Crippen LogP contribution in [0.15, 0.2) is 41.6 Å². The van der Waals surface area contributed by atoms with Crippen molar-refractivity contribution >= 4 is 18.5 Å². The van der Waals surface area contributed by atoms with Gasteiger partial charge in [0.15, 0.2) is 0 Å². The highest BCUT2D eigenvalue weighted by molar-refractivity contribution is 7.80. The molecule has 1 amide bonds. The molecule has 5 nitrogen and oxygen atoms in total. The Labute approximate surface area is 104 Å². The summed E-state index contributed by atoms with van der Waals surface area (Å²) in [5.74, 6) is -0.110. The molecule has 0 radical (unpaired) electrons. The molecule has 0 spiro atoms. The lowest BCUT2D eigenvalue weighted by atomic mass is 10.2. The van der Waals surface area contributed by atoms with E-state index in [0.29, 0.717) is 18.7 Å². The molecule has 0 saturated heterocycles. The molecular formula is C11H12N4OS. The lowest BCUT2D eigenvalue weighted by Gasteiger charge is -2.05. The predicted molar refractivity (Wildman–Crippen MR) is 66.0 cm³/mol. The van der Waals surface area contributed by atoms with Gasteiger partial charge in [-0.2, -0.15) is 0 Å². The van der Waals surface area contributed by atoms with E-state index in [1.54, 1.807) is 35.3 Å². The summed E-state index contributed by atoms with van der Waals surface area (Å²) in [4.78, 5) is 12.5.